The molecule has 1 amide bonds. The molecule has 150 valence electrons. The van der Waals surface area contributed by atoms with Crippen molar-refractivity contribution in [1.29, 1.82) is 0 Å². The second-order valence-corrected chi connectivity index (χ2v) is 7.44. The predicted octanol–water partition coefficient (Wildman–Crippen LogP) is 5.21. The van der Waals surface area contributed by atoms with E-state index < -0.39 is 0 Å². The standard InChI is InChI=1S/C21H26BrN3O2S/c1-4-13-27-19-12-7-15(22)14-18(19)20(26)24-21(28)23-16-8-10-17(11-9-16)25(5-2)6-3/h7-12,14H,4-6,13H2,1-3H3,(H2,23,24,26,28). The maximum atomic E-state index is 12.7. The van der Waals surface area contributed by atoms with E-state index in [4.69, 9.17) is 17.0 Å². The fourth-order valence-electron chi connectivity index (χ4n) is 2.69. The summed E-state index contributed by atoms with van der Waals surface area (Å²) < 4.78 is 6.47. The topological polar surface area (TPSA) is 53.6 Å². The molecule has 7 heteroatoms. The number of anilines is 2. The van der Waals surface area contributed by atoms with Crippen LogP contribution in [-0.2, 0) is 0 Å². The van der Waals surface area contributed by atoms with E-state index in [1.165, 1.54) is 0 Å². The van der Waals surface area contributed by atoms with E-state index in [1.807, 2.05) is 37.3 Å². The van der Waals surface area contributed by atoms with Gasteiger partial charge in [-0.25, -0.2) is 0 Å². The van der Waals surface area contributed by atoms with Crippen LogP contribution in [-0.4, -0.2) is 30.7 Å². The van der Waals surface area contributed by atoms with Crippen LogP contribution >= 0.6 is 28.1 Å². The Morgan fingerprint density at radius 1 is 1.11 bits per heavy atom. The zero-order valence-corrected chi connectivity index (χ0v) is 18.8. The van der Waals surface area contributed by atoms with E-state index in [-0.39, 0.29) is 11.0 Å². The first-order chi connectivity index (χ1) is 13.5. The second kappa shape index (κ2) is 11.0. The number of hydrogen-bond donors (Lipinski definition) is 2. The lowest BCUT2D eigenvalue weighted by Crippen LogP contribution is -2.34. The molecule has 0 aliphatic carbocycles. The average molecular weight is 464 g/mol. The molecule has 2 N–H and O–H groups in total. The van der Waals surface area contributed by atoms with Crippen LogP contribution in [0.5, 0.6) is 5.75 Å². The number of thiocarbonyl (C=S) groups is 1. The van der Waals surface area contributed by atoms with Gasteiger partial charge in [0.05, 0.1) is 12.2 Å². The molecular formula is C21H26BrN3O2S. The lowest BCUT2D eigenvalue weighted by atomic mass is 10.2. The van der Waals surface area contributed by atoms with Gasteiger partial charge in [-0.05, 0) is 75.0 Å². The van der Waals surface area contributed by atoms with Crippen LogP contribution in [0.15, 0.2) is 46.9 Å². The Morgan fingerprint density at radius 2 is 1.79 bits per heavy atom. The Bertz CT molecular complexity index is 808. The normalized spacial score (nSPS) is 10.3. The van der Waals surface area contributed by atoms with Crippen LogP contribution in [0.4, 0.5) is 11.4 Å². The molecule has 0 aliphatic rings. The number of hydrogen-bond acceptors (Lipinski definition) is 4. The molecule has 0 atom stereocenters. The molecule has 2 rings (SSSR count). The largest absolute Gasteiger partial charge is 0.493 e. The van der Waals surface area contributed by atoms with E-state index in [0.29, 0.717) is 17.9 Å². The average Bonchev–Trinajstić information content (AvgIpc) is 2.69. The van der Waals surface area contributed by atoms with Gasteiger partial charge in [0.2, 0.25) is 0 Å². The first-order valence-electron chi connectivity index (χ1n) is 9.38. The summed E-state index contributed by atoms with van der Waals surface area (Å²) >= 11 is 8.69. The molecule has 0 heterocycles. The quantitative estimate of drug-likeness (QED) is 0.526. The minimum Gasteiger partial charge on any atom is -0.493 e. The van der Waals surface area contributed by atoms with Crippen molar-refractivity contribution in [2.75, 3.05) is 29.9 Å². The molecule has 2 aromatic carbocycles. The highest BCUT2D eigenvalue weighted by Gasteiger charge is 2.15. The number of amides is 1. The smallest absolute Gasteiger partial charge is 0.261 e. The number of ether oxygens (including phenoxy) is 1. The molecule has 0 saturated heterocycles. The van der Waals surface area contributed by atoms with Gasteiger partial charge in [-0.3, -0.25) is 10.1 Å². The number of nitrogens with zero attached hydrogens (tertiary/aromatic N) is 1. The molecule has 0 fully saturated rings. The molecule has 28 heavy (non-hydrogen) atoms. The van der Waals surface area contributed by atoms with E-state index in [0.717, 1.165) is 35.4 Å². The van der Waals surface area contributed by atoms with Crippen LogP contribution in [0, 0.1) is 0 Å². The van der Waals surface area contributed by atoms with Gasteiger partial charge < -0.3 is 15.0 Å². The number of nitrogens with one attached hydrogen (secondary N) is 2. The number of carbonyl (C=O) groups excluding carboxylic acids is 1. The highest BCUT2D eigenvalue weighted by molar-refractivity contribution is 9.10. The molecule has 0 spiro atoms. The van der Waals surface area contributed by atoms with Gasteiger partial charge in [-0.2, -0.15) is 0 Å². The molecule has 2 aromatic rings. The lowest BCUT2D eigenvalue weighted by molar-refractivity contribution is 0.0973. The van der Waals surface area contributed by atoms with Crippen molar-refractivity contribution in [3.63, 3.8) is 0 Å². The number of rotatable bonds is 8. The number of carbonyl (C=O) groups is 1. The van der Waals surface area contributed by atoms with Gasteiger partial charge in [0.15, 0.2) is 5.11 Å². The fraction of sp³-hybridized carbons (Fsp3) is 0.333. The summed E-state index contributed by atoms with van der Waals surface area (Å²) in [5, 5.41) is 6.01. The Hall–Kier alpha value is -2.12. The molecule has 0 saturated carbocycles. The summed E-state index contributed by atoms with van der Waals surface area (Å²) in [6.07, 6.45) is 0.862. The summed E-state index contributed by atoms with van der Waals surface area (Å²) in [5.74, 6) is 0.221. The summed E-state index contributed by atoms with van der Waals surface area (Å²) in [6, 6.07) is 13.3. The Balaban J connectivity index is 2.03. The van der Waals surface area contributed by atoms with Gasteiger partial charge in [0, 0.05) is 28.9 Å². The Morgan fingerprint density at radius 3 is 2.39 bits per heavy atom. The SMILES string of the molecule is CCCOc1ccc(Br)cc1C(=O)NC(=S)Nc1ccc(N(CC)CC)cc1. The second-order valence-electron chi connectivity index (χ2n) is 6.12. The van der Waals surface area contributed by atoms with Crippen LogP contribution in [0.25, 0.3) is 0 Å². The van der Waals surface area contributed by atoms with Gasteiger partial charge >= 0.3 is 0 Å². The Labute approximate surface area is 180 Å². The van der Waals surface area contributed by atoms with E-state index in [1.54, 1.807) is 12.1 Å². The third-order valence-electron chi connectivity index (χ3n) is 4.13. The van der Waals surface area contributed by atoms with Crippen molar-refractivity contribution in [2.24, 2.45) is 0 Å². The maximum absolute atomic E-state index is 12.7. The fourth-order valence-corrected chi connectivity index (χ4v) is 3.27. The Kier molecular flexibility index (Phi) is 8.73. The summed E-state index contributed by atoms with van der Waals surface area (Å²) in [5.41, 5.74) is 2.40. The first-order valence-corrected chi connectivity index (χ1v) is 10.6. The minimum atomic E-state index is -0.315. The molecule has 5 nitrogen and oxygen atoms in total. The van der Waals surface area contributed by atoms with Crippen LogP contribution in [0.2, 0.25) is 0 Å². The molecule has 0 unspecified atom stereocenters. The lowest BCUT2D eigenvalue weighted by Gasteiger charge is -2.21. The third-order valence-corrected chi connectivity index (χ3v) is 4.83. The van der Waals surface area contributed by atoms with Crippen molar-refractivity contribution < 1.29 is 9.53 Å². The summed E-state index contributed by atoms with van der Waals surface area (Å²) in [6.45, 7) is 8.72. The molecule has 0 bridgehead atoms. The first kappa shape index (κ1) is 22.2. The summed E-state index contributed by atoms with van der Waals surface area (Å²) in [4.78, 5) is 14.9. The molecule has 0 radical (unpaired) electrons. The van der Waals surface area contributed by atoms with E-state index >= 15 is 0 Å². The van der Waals surface area contributed by atoms with Crippen molar-refractivity contribution >= 4 is 50.5 Å². The van der Waals surface area contributed by atoms with Crippen molar-refractivity contribution in [3.05, 3.63) is 52.5 Å². The zero-order chi connectivity index (χ0) is 20.5. The monoisotopic (exact) mass is 463 g/mol. The van der Waals surface area contributed by atoms with Crippen molar-refractivity contribution in [2.45, 2.75) is 27.2 Å². The minimum absolute atomic E-state index is 0.238. The molecular weight excluding hydrogens is 438 g/mol. The number of halogens is 1. The van der Waals surface area contributed by atoms with Gasteiger partial charge in [-0.1, -0.05) is 22.9 Å². The van der Waals surface area contributed by atoms with Crippen molar-refractivity contribution in [1.82, 2.24) is 5.32 Å². The number of benzene rings is 2. The van der Waals surface area contributed by atoms with Crippen LogP contribution in [0.1, 0.15) is 37.6 Å². The van der Waals surface area contributed by atoms with E-state index in [9.17, 15) is 4.79 Å². The van der Waals surface area contributed by atoms with Gasteiger partial charge in [0.25, 0.3) is 5.91 Å². The van der Waals surface area contributed by atoms with Gasteiger partial charge in [-0.15, -0.1) is 0 Å². The van der Waals surface area contributed by atoms with Gasteiger partial charge in [0.1, 0.15) is 5.75 Å². The third kappa shape index (κ3) is 6.21. The molecule has 0 aliphatic heterocycles. The highest BCUT2D eigenvalue weighted by Crippen LogP contribution is 2.23. The molecule has 0 aromatic heterocycles. The zero-order valence-electron chi connectivity index (χ0n) is 16.4. The van der Waals surface area contributed by atoms with E-state index in [2.05, 4.69) is 45.3 Å². The van der Waals surface area contributed by atoms with Crippen LogP contribution in [0.3, 0.4) is 0 Å². The predicted molar refractivity (Wildman–Crippen MR) is 124 cm³/mol. The summed E-state index contributed by atoms with van der Waals surface area (Å²) in [7, 11) is 0. The highest BCUT2D eigenvalue weighted by atomic mass is 79.9. The van der Waals surface area contributed by atoms with Crippen molar-refractivity contribution in [3.8, 4) is 5.75 Å². The maximum Gasteiger partial charge on any atom is 0.261 e. The van der Waals surface area contributed by atoms with Crippen LogP contribution < -0.4 is 20.3 Å².